The second kappa shape index (κ2) is 6.99. The van der Waals surface area contributed by atoms with Gasteiger partial charge in [0.25, 0.3) is 0 Å². The van der Waals surface area contributed by atoms with E-state index in [1.54, 1.807) is 26.2 Å². The zero-order valence-electron chi connectivity index (χ0n) is 12.6. The average Bonchev–Trinajstić information content (AvgIpc) is 2.93. The summed E-state index contributed by atoms with van der Waals surface area (Å²) in [5, 5.41) is 0. The predicted octanol–water partition coefficient (Wildman–Crippen LogP) is 2.92. The fourth-order valence-corrected chi connectivity index (χ4v) is 3.86. The highest BCUT2D eigenvalue weighted by atomic mass is 35.5. The first kappa shape index (κ1) is 16.6. The van der Waals surface area contributed by atoms with Gasteiger partial charge < -0.3 is 4.90 Å². The van der Waals surface area contributed by atoms with Gasteiger partial charge in [0.2, 0.25) is 10.0 Å². The van der Waals surface area contributed by atoms with E-state index in [9.17, 15) is 8.42 Å². The van der Waals surface area contributed by atoms with Crippen LogP contribution in [0.5, 0.6) is 0 Å². The van der Waals surface area contributed by atoms with E-state index in [-0.39, 0.29) is 0 Å². The van der Waals surface area contributed by atoms with Crippen LogP contribution in [0.3, 0.4) is 0 Å². The summed E-state index contributed by atoms with van der Waals surface area (Å²) in [4.78, 5) is 2.71. The van der Waals surface area contributed by atoms with Gasteiger partial charge in [-0.05, 0) is 49.9 Å². The van der Waals surface area contributed by atoms with Gasteiger partial charge in [0, 0.05) is 38.2 Å². The lowest BCUT2D eigenvalue weighted by atomic mass is 10.1. The van der Waals surface area contributed by atoms with Crippen LogP contribution < -0.4 is 4.90 Å². The van der Waals surface area contributed by atoms with Crippen LogP contribution in [0.25, 0.3) is 0 Å². The van der Waals surface area contributed by atoms with Crippen LogP contribution in [0, 0.1) is 0 Å². The summed E-state index contributed by atoms with van der Waals surface area (Å²) >= 11 is 5.78. The van der Waals surface area contributed by atoms with Crippen molar-refractivity contribution < 1.29 is 8.42 Å². The summed E-state index contributed by atoms with van der Waals surface area (Å²) < 4.78 is 25.4. The van der Waals surface area contributed by atoms with E-state index in [1.165, 1.54) is 17.1 Å². The Morgan fingerprint density at radius 2 is 1.95 bits per heavy atom. The molecular weight excluding hydrogens is 308 g/mol. The highest BCUT2D eigenvalue weighted by Crippen LogP contribution is 2.29. The van der Waals surface area contributed by atoms with Crippen molar-refractivity contribution in [2.24, 2.45) is 0 Å². The Kier molecular flexibility index (Phi) is 5.52. The van der Waals surface area contributed by atoms with Crippen LogP contribution >= 0.6 is 11.6 Å². The van der Waals surface area contributed by atoms with E-state index >= 15 is 0 Å². The fourth-order valence-electron chi connectivity index (χ4n) is 2.81. The van der Waals surface area contributed by atoms with Crippen molar-refractivity contribution in [3.8, 4) is 0 Å². The van der Waals surface area contributed by atoms with Gasteiger partial charge >= 0.3 is 0 Å². The van der Waals surface area contributed by atoms with Crippen molar-refractivity contribution in [3.05, 3.63) is 24.3 Å². The van der Waals surface area contributed by atoms with Crippen molar-refractivity contribution in [1.29, 1.82) is 0 Å². The Hall–Kier alpha value is -0.780. The number of halogens is 1. The maximum Gasteiger partial charge on any atom is 0.242 e. The molecule has 1 atom stereocenters. The molecular formula is C15H23ClN2O2S. The Labute approximate surface area is 132 Å². The number of benzene rings is 1. The maximum atomic E-state index is 12.1. The van der Waals surface area contributed by atoms with Crippen LogP contribution in [0.4, 0.5) is 5.69 Å². The first-order valence-corrected chi connectivity index (χ1v) is 9.29. The Balaban J connectivity index is 2.15. The molecule has 0 aliphatic carbocycles. The Bertz CT molecular complexity index is 558. The largest absolute Gasteiger partial charge is 0.369 e. The SMILES string of the molecule is CN(C)S(=O)(=O)c1ccc(N2CCCC2CCCCl)cc1. The molecule has 1 heterocycles. The molecule has 21 heavy (non-hydrogen) atoms. The molecule has 1 aliphatic rings. The molecule has 0 bridgehead atoms. The molecule has 0 radical (unpaired) electrons. The highest BCUT2D eigenvalue weighted by Gasteiger charge is 2.25. The number of alkyl halides is 1. The molecule has 1 saturated heterocycles. The molecule has 1 unspecified atom stereocenters. The van der Waals surface area contributed by atoms with Gasteiger partial charge in [0.1, 0.15) is 0 Å². The lowest BCUT2D eigenvalue weighted by molar-refractivity contribution is 0.520. The van der Waals surface area contributed by atoms with Gasteiger partial charge in [-0.1, -0.05) is 0 Å². The third kappa shape index (κ3) is 3.71. The summed E-state index contributed by atoms with van der Waals surface area (Å²) in [7, 11) is -0.252. The summed E-state index contributed by atoms with van der Waals surface area (Å²) in [5.41, 5.74) is 1.10. The van der Waals surface area contributed by atoms with Crippen molar-refractivity contribution in [1.82, 2.24) is 4.31 Å². The first-order chi connectivity index (χ1) is 9.96. The second-order valence-corrected chi connectivity index (χ2v) is 8.13. The van der Waals surface area contributed by atoms with Crippen LogP contribution in [-0.4, -0.2) is 45.3 Å². The van der Waals surface area contributed by atoms with E-state index in [4.69, 9.17) is 11.6 Å². The van der Waals surface area contributed by atoms with E-state index in [0.29, 0.717) is 16.8 Å². The van der Waals surface area contributed by atoms with E-state index in [1.807, 2.05) is 12.1 Å². The lowest BCUT2D eigenvalue weighted by Crippen LogP contribution is -2.29. The third-order valence-electron chi connectivity index (χ3n) is 4.00. The molecule has 118 valence electrons. The minimum absolute atomic E-state index is 0.341. The number of sulfonamides is 1. The molecule has 1 aliphatic heterocycles. The molecule has 0 N–H and O–H groups in total. The standard InChI is InChI=1S/C15H23ClN2O2S/c1-17(2)21(19,20)15-9-7-14(8-10-15)18-12-4-6-13(18)5-3-11-16/h7-10,13H,3-6,11-12H2,1-2H3. The molecule has 2 rings (SSSR count). The zero-order chi connectivity index (χ0) is 15.5. The first-order valence-electron chi connectivity index (χ1n) is 7.32. The maximum absolute atomic E-state index is 12.1. The molecule has 6 heteroatoms. The second-order valence-electron chi connectivity index (χ2n) is 5.60. The Morgan fingerprint density at radius 3 is 2.52 bits per heavy atom. The number of anilines is 1. The summed E-state index contributed by atoms with van der Waals surface area (Å²) in [6.45, 7) is 1.03. The van der Waals surface area contributed by atoms with Gasteiger partial charge in [-0.3, -0.25) is 0 Å². The van der Waals surface area contributed by atoms with Crippen molar-refractivity contribution in [2.45, 2.75) is 36.6 Å². The lowest BCUT2D eigenvalue weighted by Gasteiger charge is -2.27. The van der Waals surface area contributed by atoms with E-state index < -0.39 is 10.0 Å². The topological polar surface area (TPSA) is 40.6 Å². The third-order valence-corrected chi connectivity index (χ3v) is 6.09. The zero-order valence-corrected chi connectivity index (χ0v) is 14.2. The summed E-state index contributed by atoms with van der Waals surface area (Å²) in [6.07, 6.45) is 4.50. The smallest absolute Gasteiger partial charge is 0.242 e. The van der Waals surface area contributed by atoms with Gasteiger partial charge in [-0.2, -0.15) is 0 Å². The van der Waals surface area contributed by atoms with Crippen LogP contribution in [0.1, 0.15) is 25.7 Å². The van der Waals surface area contributed by atoms with Crippen LogP contribution in [0.2, 0.25) is 0 Å². The molecule has 1 fully saturated rings. The molecule has 0 spiro atoms. The van der Waals surface area contributed by atoms with Crippen LogP contribution in [-0.2, 0) is 10.0 Å². The van der Waals surface area contributed by atoms with Crippen LogP contribution in [0.15, 0.2) is 29.2 Å². The van der Waals surface area contributed by atoms with Crippen molar-refractivity contribution >= 4 is 27.3 Å². The fraction of sp³-hybridized carbons (Fsp3) is 0.600. The number of rotatable bonds is 6. The van der Waals surface area contributed by atoms with E-state index in [0.717, 1.165) is 25.1 Å². The average molecular weight is 331 g/mol. The van der Waals surface area contributed by atoms with Gasteiger partial charge in [0.05, 0.1) is 4.90 Å². The van der Waals surface area contributed by atoms with Gasteiger partial charge in [-0.25, -0.2) is 12.7 Å². The number of nitrogens with zero attached hydrogens (tertiary/aromatic N) is 2. The normalized spacial score (nSPS) is 19.4. The van der Waals surface area contributed by atoms with Gasteiger partial charge in [0.15, 0.2) is 0 Å². The molecule has 4 nitrogen and oxygen atoms in total. The van der Waals surface area contributed by atoms with Gasteiger partial charge in [-0.15, -0.1) is 11.6 Å². The highest BCUT2D eigenvalue weighted by molar-refractivity contribution is 7.89. The predicted molar refractivity (Wildman–Crippen MR) is 87.6 cm³/mol. The minimum atomic E-state index is -3.35. The monoisotopic (exact) mass is 330 g/mol. The Morgan fingerprint density at radius 1 is 1.29 bits per heavy atom. The minimum Gasteiger partial charge on any atom is -0.369 e. The molecule has 1 aromatic rings. The molecule has 0 saturated carbocycles. The number of hydrogen-bond donors (Lipinski definition) is 0. The quantitative estimate of drug-likeness (QED) is 0.753. The molecule has 1 aromatic carbocycles. The van der Waals surface area contributed by atoms with Crippen molar-refractivity contribution in [3.63, 3.8) is 0 Å². The summed E-state index contributed by atoms with van der Waals surface area (Å²) in [6, 6.07) is 7.74. The summed E-state index contributed by atoms with van der Waals surface area (Å²) in [5.74, 6) is 0.699. The van der Waals surface area contributed by atoms with Crippen molar-refractivity contribution in [2.75, 3.05) is 31.4 Å². The van der Waals surface area contributed by atoms with E-state index in [2.05, 4.69) is 4.90 Å². The number of hydrogen-bond acceptors (Lipinski definition) is 3. The molecule has 0 amide bonds. The molecule has 0 aromatic heterocycles.